The van der Waals surface area contributed by atoms with E-state index in [4.69, 9.17) is 4.52 Å². The maximum absolute atomic E-state index is 5.01. The third-order valence-corrected chi connectivity index (χ3v) is 2.80. The summed E-state index contributed by atoms with van der Waals surface area (Å²) in [6, 6.07) is 11.7. The highest BCUT2D eigenvalue weighted by atomic mass is 16.5. The fraction of sp³-hybridized carbons (Fsp3) is 0.231. The van der Waals surface area contributed by atoms with Gasteiger partial charge in [-0.25, -0.2) is 0 Å². The zero-order chi connectivity index (χ0) is 13.8. The number of nitrogens with one attached hydrogen (secondary N) is 1. The number of hydrogen-bond acceptors (Lipinski definition) is 6. The smallest absolute Gasteiger partial charge is 0.170 e. The molecule has 0 unspecified atom stereocenters. The Bertz CT molecular complexity index is 675. The monoisotopic (exact) mass is 270 g/mol. The predicted octanol–water partition coefficient (Wildman–Crippen LogP) is 1.25. The molecule has 1 N–H and O–H groups in total. The van der Waals surface area contributed by atoms with Crippen LogP contribution in [0.2, 0.25) is 0 Å². The third-order valence-electron chi connectivity index (χ3n) is 2.80. The zero-order valence-electron chi connectivity index (χ0n) is 11.0. The summed E-state index contributed by atoms with van der Waals surface area (Å²) < 4.78 is 6.72. The lowest BCUT2D eigenvalue weighted by atomic mass is 10.3. The van der Waals surface area contributed by atoms with E-state index in [2.05, 4.69) is 26.0 Å². The molecule has 7 heteroatoms. The Kier molecular flexibility index (Phi) is 3.51. The molecule has 0 bridgehead atoms. The molecule has 0 fully saturated rings. The Morgan fingerprint density at radius 1 is 1.20 bits per heavy atom. The quantitative estimate of drug-likeness (QED) is 0.751. The molecule has 0 aliphatic rings. The van der Waals surface area contributed by atoms with E-state index in [9.17, 15) is 0 Å². The van der Waals surface area contributed by atoms with E-state index in [0.717, 1.165) is 23.0 Å². The van der Waals surface area contributed by atoms with Crippen LogP contribution in [-0.2, 0) is 13.1 Å². The van der Waals surface area contributed by atoms with Gasteiger partial charge in [0.1, 0.15) is 5.76 Å². The minimum absolute atomic E-state index is 0.549. The van der Waals surface area contributed by atoms with Crippen LogP contribution in [0.3, 0.4) is 0 Å². The minimum atomic E-state index is 0.549. The number of rotatable bonds is 5. The average molecular weight is 270 g/mol. The Morgan fingerprint density at radius 3 is 2.80 bits per heavy atom. The topological polar surface area (TPSA) is 81.7 Å². The molecule has 0 saturated heterocycles. The molecule has 102 valence electrons. The Labute approximate surface area is 115 Å². The van der Waals surface area contributed by atoms with Gasteiger partial charge >= 0.3 is 0 Å². The average Bonchev–Trinajstić information content (AvgIpc) is 3.09. The van der Waals surface area contributed by atoms with Gasteiger partial charge in [-0.1, -0.05) is 23.4 Å². The fourth-order valence-electron chi connectivity index (χ4n) is 1.89. The first kappa shape index (κ1) is 12.5. The SMILES string of the molecule is Cc1cc(CNCc2nnnn2-c2ccccc2)no1. The molecule has 0 aliphatic heterocycles. The molecule has 20 heavy (non-hydrogen) atoms. The normalized spacial score (nSPS) is 10.8. The van der Waals surface area contributed by atoms with Crippen molar-refractivity contribution in [1.82, 2.24) is 30.7 Å². The second-order valence-electron chi connectivity index (χ2n) is 4.37. The van der Waals surface area contributed by atoms with Crippen LogP contribution in [0.5, 0.6) is 0 Å². The van der Waals surface area contributed by atoms with Gasteiger partial charge in [0.05, 0.1) is 17.9 Å². The van der Waals surface area contributed by atoms with E-state index in [0.29, 0.717) is 13.1 Å². The summed E-state index contributed by atoms with van der Waals surface area (Å²) in [5, 5.41) is 18.9. The number of nitrogens with zero attached hydrogens (tertiary/aromatic N) is 5. The van der Waals surface area contributed by atoms with Gasteiger partial charge in [0.25, 0.3) is 0 Å². The van der Waals surface area contributed by atoms with Crippen molar-refractivity contribution in [3.8, 4) is 5.69 Å². The standard InChI is InChI=1S/C13H14N6O/c1-10-7-11(16-20-10)8-14-9-13-15-17-18-19(13)12-5-3-2-4-6-12/h2-7,14H,8-9H2,1H3. The van der Waals surface area contributed by atoms with Crippen molar-refractivity contribution in [3.63, 3.8) is 0 Å². The molecule has 2 aromatic heterocycles. The predicted molar refractivity (Wildman–Crippen MR) is 70.9 cm³/mol. The highest BCUT2D eigenvalue weighted by Crippen LogP contribution is 2.07. The number of aromatic nitrogens is 5. The van der Waals surface area contributed by atoms with Crippen molar-refractivity contribution in [2.75, 3.05) is 0 Å². The second-order valence-corrected chi connectivity index (χ2v) is 4.37. The van der Waals surface area contributed by atoms with E-state index in [1.807, 2.05) is 43.3 Å². The summed E-state index contributed by atoms with van der Waals surface area (Å²) in [5.41, 5.74) is 1.80. The summed E-state index contributed by atoms with van der Waals surface area (Å²) in [6.07, 6.45) is 0. The van der Waals surface area contributed by atoms with Gasteiger partial charge in [-0.15, -0.1) is 5.10 Å². The van der Waals surface area contributed by atoms with Gasteiger partial charge in [0.2, 0.25) is 0 Å². The molecule has 3 rings (SSSR count). The van der Waals surface area contributed by atoms with Crippen LogP contribution in [0.4, 0.5) is 0 Å². The third kappa shape index (κ3) is 2.72. The zero-order valence-corrected chi connectivity index (χ0v) is 11.0. The van der Waals surface area contributed by atoms with Crippen molar-refractivity contribution in [3.05, 3.63) is 53.7 Å². The van der Waals surface area contributed by atoms with Crippen molar-refractivity contribution in [2.24, 2.45) is 0 Å². The van der Waals surface area contributed by atoms with Gasteiger partial charge in [-0.3, -0.25) is 0 Å². The summed E-state index contributed by atoms with van der Waals surface area (Å²) in [6.45, 7) is 3.03. The van der Waals surface area contributed by atoms with Crippen LogP contribution < -0.4 is 5.32 Å². The molecule has 7 nitrogen and oxygen atoms in total. The van der Waals surface area contributed by atoms with Gasteiger partial charge in [-0.05, 0) is 29.5 Å². The van der Waals surface area contributed by atoms with E-state index in [1.54, 1.807) is 4.68 Å². The molecule has 2 heterocycles. The molecule has 0 saturated carbocycles. The molecule has 0 radical (unpaired) electrons. The lowest BCUT2D eigenvalue weighted by Crippen LogP contribution is -2.16. The van der Waals surface area contributed by atoms with E-state index >= 15 is 0 Å². The lowest BCUT2D eigenvalue weighted by molar-refractivity contribution is 0.388. The van der Waals surface area contributed by atoms with Gasteiger partial charge in [0.15, 0.2) is 5.82 Å². The first-order chi connectivity index (χ1) is 9.83. The summed E-state index contributed by atoms with van der Waals surface area (Å²) >= 11 is 0. The van der Waals surface area contributed by atoms with Gasteiger partial charge in [0, 0.05) is 12.6 Å². The highest BCUT2D eigenvalue weighted by Gasteiger charge is 2.08. The summed E-state index contributed by atoms with van der Waals surface area (Å²) in [5.74, 6) is 1.55. The van der Waals surface area contributed by atoms with Crippen LogP contribution in [0.25, 0.3) is 5.69 Å². The molecule has 0 amide bonds. The number of hydrogen-bond donors (Lipinski definition) is 1. The molecule has 1 aromatic carbocycles. The summed E-state index contributed by atoms with van der Waals surface area (Å²) in [4.78, 5) is 0. The van der Waals surface area contributed by atoms with E-state index in [-0.39, 0.29) is 0 Å². The van der Waals surface area contributed by atoms with Crippen molar-refractivity contribution < 1.29 is 4.52 Å². The number of benzene rings is 1. The van der Waals surface area contributed by atoms with Gasteiger partial charge < -0.3 is 9.84 Å². The Morgan fingerprint density at radius 2 is 2.05 bits per heavy atom. The van der Waals surface area contributed by atoms with Crippen LogP contribution >= 0.6 is 0 Å². The lowest BCUT2D eigenvalue weighted by Gasteiger charge is -2.04. The molecule has 3 aromatic rings. The van der Waals surface area contributed by atoms with E-state index in [1.165, 1.54) is 0 Å². The van der Waals surface area contributed by atoms with Crippen LogP contribution in [0, 0.1) is 6.92 Å². The molecular weight excluding hydrogens is 256 g/mol. The Hall–Kier alpha value is -2.54. The molecule has 0 spiro atoms. The maximum Gasteiger partial charge on any atom is 0.170 e. The molecular formula is C13H14N6O. The first-order valence-electron chi connectivity index (χ1n) is 6.28. The van der Waals surface area contributed by atoms with E-state index < -0.39 is 0 Å². The minimum Gasteiger partial charge on any atom is -0.361 e. The largest absolute Gasteiger partial charge is 0.361 e. The number of aryl methyl sites for hydroxylation is 1. The van der Waals surface area contributed by atoms with Crippen LogP contribution in [0.1, 0.15) is 17.3 Å². The van der Waals surface area contributed by atoms with Crippen molar-refractivity contribution in [2.45, 2.75) is 20.0 Å². The maximum atomic E-state index is 5.01. The summed E-state index contributed by atoms with van der Waals surface area (Å²) in [7, 11) is 0. The van der Waals surface area contributed by atoms with Crippen LogP contribution in [0.15, 0.2) is 40.9 Å². The van der Waals surface area contributed by atoms with Crippen molar-refractivity contribution in [1.29, 1.82) is 0 Å². The highest BCUT2D eigenvalue weighted by molar-refractivity contribution is 5.30. The van der Waals surface area contributed by atoms with Crippen molar-refractivity contribution >= 4 is 0 Å². The second kappa shape index (κ2) is 5.62. The number of tetrazole rings is 1. The van der Waals surface area contributed by atoms with Gasteiger partial charge in [-0.2, -0.15) is 4.68 Å². The number of para-hydroxylation sites is 1. The first-order valence-corrected chi connectivity index (χ1v) is 6.28. The Balaban J connectivity index is 1.65. The molecule has 0 aliphatic carbocycles. The van der Waals surface area contributed by atoms with Crippen LogP contribution in [-0.4, -0.2) is 25.4 Å². The fourth-order valence-corrected chi connectivity index (χ4v) is 1.89. The molecule has 0 atom stereocenters.